The van der Waals surface area contributed by atoms with Crippen molar-refractivity contribution >= 4 is 0 Å². The molecule has 2 atom stereocenters. The van der Waals surface area contributed by atoms with E-state index in [0.29, 0.717) is 0 Å². The van der Waals surface area contributed by atoms with Crippen molar-refractivity contribution in [2.45, 2.75) is 45.1 Å². The van der Waals surface area contributed by atoms with Crippen LogP contribution in [-0.2, 0) is 6.42 Å². The maximum atomic E-state index is 4.03. The first-order valence-corrected chi connectivity index (χ1v) is 6.50. The minimum atomic E-state index is 0.770. The van der Waals surface area contributed by atoms with E-state index in [9.17, 15) is 0 Å². The molecule has 2 heteroatoms. The fourth-order valence-corrected chi connectivity index (χ4v) is 2.60. The molecule has 0 radical (unpaired) electrons. The number of hydrogen-bond donors (Lipinski definition) is 1. The van der Waals surface area contributed by atoms with Crippen molar-refractivity contribution in [3.63, 3.8) is 0 Å². The van der Waals surface area contributed by atoms with Gasteiger partial charge in [-0.2, -0.15) is 0 Å². The van der Waals surface area contributed by atoms with Gasteiger partial charge in [0.15, 0.2) is 0 Å². The number of nitrogens with zero attached hydrogens (tertiary/aromatic N) is 1. The van der Waals surface area contributed by atoms with Gasteiger partial charge < -0.3 is 5.32 Å². The van der Waals surface area contributed by atoms with Crippen LogP contribution in [0.3, 0.4) is 0 Å². The summed E-state index contributed by atoms with van der Waals surface area (Å²) in [6.45, 7) is 3.41. The first kappa shape index (κ1) is 11.6. The lowest BCUT2D eigenvalue weighted by atomic mass is 10.1. The molecule has 1 N–H and O–H groups in total. The molecule has 2 rings (SSSR count). The Hall–Kier alpha value is -0.890. The van der Waals surface area contributed by atoms with E-state index in [1.54, 1.807) is 0 Å². The largest absolute Gasteiger partial charge is 0.314 e. The van der Waals surface area contributed by atoms with E-state index in [-0.39, 0.29) is 0 Å². The zero-order valence-corrected chi connectivity index (χ0v) is 10.2. The van der Waals surface area contributed by atoms with Crippen LogP contribution in [0, 0.1) is 5.92 Å². The summed E-state index contributed by atoms with van der Waals surface area (Å²) in [5.74, 6) is 0.971. The molecule has 1 heterocycles. The van der Waals surface area contributed by atoms with Crippen molar-refractivity contribution in [2.24, 2.45) is 5.92 Å². The molecule has 0 aromatic carbocycles. The summed E-state index contributed by atoms with van der Waals surface area (Å²) < 4.78 is 0. The summed E-state index contributed by atoms with van der Waals surface area (Å²) in [6, 6.07) is 4.97. The van der Waals surface area contributed by atoms with Crippen LogP contribution in [0.2, 0.25) is 0 Å². The number of pyridine rings is 1. The normalized spacial score (nSPS) is 24.8. The van der Waals surface area contributed by atoms with Gasteiger partial charge in [-0.3, -0.25) is 4.98 Å². The highest BCUT2D eigenvalue weighted by Crippen LogP contribution is 2.27. The minimum absolute atomic E-state index is 0.770. The monoisotopic (exact) mass is 218 g/mol. The molecule has 0 aliphatic heterocycles. The lowest BCUT2D eigenvalue weighted by Crippen LogP contribution is -2.28. The molecule has 1 aromatic heterocycles. The topological polar surface area (TPSA) is 24.9 Å². The quantitative estimate of drug-likeness (QED) is 0.822. The van der Waals surface area contributed by atoms with E-state index >= 15 is 0 Å². The van der Waals surface area contributed by atoms with Gasteiger partial charge in [0.1, 0.15) is 0 Å². The van der Waals surface area contributed by atoms with Crippen LogP contribution in [0.4, 0.5) is 0 Å². The maximum absolute atomic E-state index is 4.03. The zero-order chi connectivity index (χ0) is 11.2. The number of rotatable bonds is 5. The van der Waals surface area contributed by atoms with Gasteiger partial charge in [0, 0.05) is 18.4 Å². The Labute approximate surface area is 98.5 Å². The Kier molecular flexibility index (Phi) is 4.34. The van der Waals surface area contributed by atoms with Crippen molar-refractivity contribution < 1.29 is 0 Å². The summed E-state index contributed by atoms with van der Waals surface area (Å²) in [7, 11) is 0. The maximum Gasteiger partial charge on any atom is 0.0270 e. The molecular weight excluding hydrogens is 196 g/mol. The molecule has 2 nitrogen and oxygen atoms in total. The van der Waals surface area contributed by atoms with Gasteiger partial charge >= 0.3 is 0 Å². The average Bonchev–Trinajstić information content (AvgIpc) is 2.78. The summed E-state index contributed by atoms with van der Waals surface area (Å²) in [6.07, 6.45) is 10.4. The fraction of sp³-hybridized carbons (Fsp3) is 0.643. The second-order valence-electron chi connectivity index (χ2n) is 4.84. The number of aromatic nitrogens is 1. The molecule has 16 heavy (non-hydrogen) atoms. The third-order valence-electron chi connectivity index (χ3n) is 3.71. The van der Waals surface area contributed by atoms with Gasteiger partial charge in [-0.15, -0.1) is 0 Å². The Bertz CT molecular complexity index is 297. The Morgan fingerprint density at radius 1 is 1.31 bits per heavy atom. The van der Waals surface area contributed by atoms with Gasteiger partial charge in [0.05, 0.1) is 0 Å². The van der Waals surface area contributed by atoms with Crippen molar-refractivity contribution in [3.8, 4) is 0 Å². The summed E-state index contributed by atoms with van der Waals surface area (Å²) in [5, 5.41) is 3.67. The smallest absolute Gasteiger partial charge is 0.0270 e. The molecule has 1 aliphatic carbocycles. The van der Waals surface area contributed by atoms with Gasteiger partial charge in [-0.05, 0) is 55.8 Å². The number of nitrogens with one attached hydrogen (secondary N) is 1. The lowest BCUT2D eigenvalue weighted by Gasteiger charge is -2.12. The minimum Gasteiger partial charge on any atom is -0.314 e. The highest BCUT2D eigenvalue weighted by atomic mass is 14.9. The molecule has 1 aromatic rings. The second kappa shape index (κ2) is 6.00. The SMILES string of the molecule is CCC1CCC(NCCc2ccncc2)C1. The van der Waals surface area contributed by atoms with E-state index in [1.807, 2.05) is 12.4 Å². The van der Waals surface area contributed by atoms with E-state index < -0.39 is 0 Å². The predicted molar refractivity (Wildman–Crippen MR) is 67.4 cm³/mol. The third-order valence-corrected chi connectivity index (χ3v) is 3.71. The van der Waals surface area contributed by atoms with Crippen molar-refractivity contribution in [1.29, 1.82) is 0 Å². The van der Waals surface area contributed by atoms with Crippen LogP contribution in [0.5, 0.6) is 0 Å². The molecule has 0 saturated heterocycles. The van der Waals surface area contributed by atoms with Crippen molar-refractivity contribution in [3.05, 3.63) is 30.1 Å². The fourth-order valence-electron chi connectivity index (χ4n) is 2.60. The highest BCUT2D eigenvalue weighted by molar-refractivity contribution is 5.09. The summed E-state index contributed by atoms with van der Waals surface area (Å²) in [4.78, 5) is 4.03. The van der Waals surface area contributed by atoms with Crippen LogP contribution in [0.15, 0.2) is 24.5 Å². The second-order valence-corrected chi connectivity index (χ2v) is 4.84. The van der Waals surface area contributed by atoms with Gasteiger partial charge in [-0.1, -0.05) is 13.3 Å². The van der Waals surface area contributed by atoms with Gasteiger partial charge in [-0.25, -0.2) is 0 Å². The zero-order valence-electron chi connectivity index (χ0n) is 10.2. The van der Waals surface area contributed by atoms with Crippen molar-refractivity contribution in [2.75, 3.05) is 6.54 Å². The Balaban J connectivity index is 1.65. The Morgan fingerprint density at radius 2 is 2.12 bits per heavy atom. The van der Waals surface area contributed by atoms with Crippen LogP contribution in [-0.4, -0.2) is 17.6 Å². The molecule has 0 bridgehead atoms. The lowest BCUT2D eigenvalue weighted by molar-refractivity contribution is 0.479. The molecule has 88 valence electrons. The molecule has 0 spiro atoms. The average molecular weight is 218 g/mol. The van der Waals surface area contributed by atoms with E-state index in [1.165, 1.54) is 31.2 Å². The van der Waals surface area contributed by atoms with E-state index in [0.717, 1.165) is 24.9 Å². The first-order valence-electron chi connectivity index (χ1n) is 6.50. The standard InChI is InChI=1S/C14H22N2/c1-2-12-3-4-14(11-12)16-10-7-13-5-8-15-9-6-13/h5-6,8-9,12,14,16H,2-4,7,10-11H2,1H3. The molecule has 1 aliphatic rings. The van der Waals surface area contributed by atoms with E-state index in [4.69, 9.17) is 0 Å². The molecule has 1 saturated carbocycles. The third kappa shape index (κ3) is 3.31. The van der Waals surface area contributed by atoms with Crippen molar-refractivity contribution in [1.82, 2.24) is 10.3 Å². The van der Waals surface area contributed by atoms with Crippen LogP contribution in [0.25, 0.3) is 0 Å². The summed E-state index contributed by atoms with van der Waals surface area (Å²) >= 11 is 0. The van der Waals surface area contributed by atoms with E-state index in [2.05, 4.69) is 29.4 Å². The Morgan fingerprint density at radius 3 is 2.81 bits per heavy atom. The first-order chi connectivity index (χ1) is 7.88. The molecule has 1 fully saturated rings. The van der Waals surface area contributed by atoms with Gasteiger partial charge in [0.2, 0.25) is 0 Å². The predicted octanol–water partition coefficient (Wildman–Crippen LogP) is 2.79. The molecule has 0 amide bonds. The molecule has 2 unspecified atom stereocenters. The van der Waals surface area contributed by atoms with Gasteiger partial charge in [0.25, 0.3) is 0 Å². The molecular formula is C14H22N2. The summed E-state index contributed by atoms with van der Waals surface area (Å²) in [5.41, 5.74) is 1.38. The number of hydrogen-bond acceptors (Lipinski definition) is 2. The van der Waals surface area contributed by atoms with Crippen LogP contribution < -0.4 is 5.32 Å². The van der Waals surface area contributed by atoms with Crippen LogP contribution >= 0.6 is 0 Å². The highest BCUT2D eigenvalue weighted by Gasteiger charge is 2.22. The van der Waals surface area contributed by atoms with Crippen LogP contribution in [0.1, 0.15) is 38.2 Å².